The van der Waals surface area contributed by atoms with E-state index in [-0.39, 0.29) is 12.2 Å². The fourth-order valence-electron chi connectivity index (χ4n) is 1.40. The lowest BCUT2D eigenvalue weighted by atomic mass is 10.1. The maximum atomic E-state index is 6.04. The highest BCUT2D eigenvalue weighted by Gasteiger charge is 2.16. The molecule has 0 aliphatic rings. The van der Waals surface area contributed by atoms with Gasteiger partial charge in [0.05, 0.1) is 12.2 Å². The monoisotopic (exact) mass is 284 g/mol. The molecule has 16 heavy (non-hydrogen) atoms. The molecule has 0 saturated heterocycles. The van der Waals surface area contributed by atoms with Crippen molar-refractivity contribution in [3.63, 3.8) is 0 Å². The third-order valence-corrected chi connectivity index (χ3v) is 3.50. The summed E-state index contributed by atoms with van der Waals surface area (Å²) in [6.45, 7) is 8.61. The maximum Gasteiger partial charge on any atom is 0.0925 e. The molecule has 0 aliphatic heterocycles. The van der Waals surface area contributed by atoms with Crippen molar-refractivity contribution in [2.75, 3.05) is 5.33 Å². The molecule has 0 spiro atoms. The molecule has 0 aromatic heterocycles. The number of aryl methyl sites for hydroxylation is 1. The predicted molar refractivity (Wildman–Crippen MR) is 73.1 cm³/mol. The fourth-order valence-corrected chi connectivity index (χ4v) is 1.93. The Kier molecular flexibility index (Phi) is 5.50. The second-order valence-corrected chi connectivity index (χ2v) is 5.29. The van der Waals surface area contributed by atoms with Crippen LogP contribution in [0.5, 0.6) is 0 Å². The summed E-state index contributed by atoms with van der Waals surface area (Å²) in [6, 6.07) is 8.56. The fraction of sp³-hybridized carbons (Fsp3) is 0.571. The van der Waals surface area contributed by atoms with Gasteiger partial charge < -0.3 is 4.74 Å². The van der Waals surface area contributed by atoms with Crippen molar-refractivity contribution in [1.82, 2.24) is 0 Å². The minimum Gasteiger partial charge on any atom is -0.369 e. The number of hydrogen-bond donors (Lipinski definition) is 0. The van der Waals surface area contributed by atoms with Crippen LogP contribution in [0.1, 0.15) is 38.0 Å². The highest BCUT2D eigenvalue weighted by molar-refractivity contribution is 9.09. The van der Waals surface area contributed by atoms with E-state index in [0.29, 0.717) is 5.92 Å². The molecule has 0 amide bonds. The second-order valence-electron chi connectivity index (χ2n) is 4.64. The van der Waals surface area contributed by atoms with E-state index in [1.54, 1.807) is 0 Å². The lowest BCUT2D eigenvalue weighted by molar-refractivity contribution is -0.0142. The van der Waals surface area contributed by atoms with Gasteiger partial charge in [0.15, 0.2) is 0 Å². The molecule has 0 radical (unpaired) electrons. The molecule has 1 nitrogen and oxygen atoms in total. The molecule has 0 heterocycles. The molecular formula is C14H21BrO. The Balaban J connectivity index is 2.70. The maximum absolute atomic E-state index is 6.04. The van der Waals surface area contributed by atoms with Crippen LogP contribution in [0.2, 0.25) is 0 Å². The largest absolute Gasteiger partial charge is 0.369 e. The smallest absolute Gasteiger partial charge is 0.0925 e. The second kappa shape index (κ2) is 6.41. The molecule has 2 atom stereocenters. The molecule has 2 heteroatoms. The van der Waals surface area contributed by atoms with Crippen molar-refractivity contribution < 1.29 is 4.74 Å². The van der Waals surface area contributed by atoms with Gasteiger partial charge in [-0.3, -0.25) is 0 Å². The van der Waals surface area contributed by atoms with Gasteiger partial charge in [-0.25, -0.2) is 0 Å². The number of hydrogen-bond acceptors (Lipinski definition) is 1. The molecule has 1 aromatic rings. The number of halogens is 1. The topological polar surface area (TPSA) is 9.23 Å². The van der Waals surface area contributed by atoms with Crippen molar-refractivity contribution in [1.29, 1.82) is 0 Å². The van der Waals surface area contributed by atoms with E-state index in [2.05, 4.69) is 67.9 Å². The van der Waals surface area contributed by atoms with E-state index in [9.17, 15) is 0 Å². The van der Waals surface area contributed by atoms with Gasteiger partial charge >= 0.3 is 0 Å². The van der Waals surface area contributed by atoms with Crippen molar-refractivity contribution in [2.24, 2.45) is 5.92 Å². The predicted octanol–water partition coefficient (Wildman–Crippen LogP) is 4.49. The molecule has 2 unspecified atom stereocenters. The van der Waals surface area contributed by atoms with Gasteiger partial charge in [0.25, 0.3) is 0 Å². The Hall–Kier alpha value is -0.340. The molecule has 1 rings (SSSR count). The first-order valence-corrected chi connectivity index (χ1v) is 6.94. The molecule has 0 saturated carbocycles. The van der Waals surface area contributed by atoms with Gasteiger partial charge in [-0.15, -0.1) is 0 Å². The van der Waals surface area contributed by atoms with E-state index in [1.165, 1.54) is 11.1 Å². The number of alkyl halides is 1. The lowest BCUT2D eigenvalue weighted by Crippen LogP contribution is -2.19. The van der Waals surface area contributed by atoms with E-state index >= 15 is 0 Å². The highest BCUT2D eigenvalue weighted by atomic mass is 79.9. The van der Waals surface area contributed by atoms with Gasteiger partial charge in [-0.05, 0) is 25.3 Å². The standard InChI is InChI=1S/C14H21BrO/c1-10(2)12(4)16-14(9-15)13-7-5-11(3)6-8-13/h5-8,10,12,14H,9H2,1-4H3. The lowest BCUT2D eigenvalue weighted by Gasteiger charge is -2.23. The first kappa shape index (κ1) is 13.7. The van der Waals surface area contributed by atoms with Crippen LogP contribution in [0.3, 0.4) is 0 Å². The summed E-state index contributed by atoms with van der Waals surface area (Å²) < 4.78 is 6.04. The average Bonchev–Trinajstić information content (AvgIpc) is 2.26. The first-order chi connectivity index (χ1) is 7.54. The summed E-state index contributed by atoms with van der Waals surface area (Å²) in [5, 5.41) is 0.840. The zero-order chi connectivity index (χ0) is 12.1. The quantitative estimate of drug-likeness (QED) is 0.724. The van der Waals surface area contributed by atoms with Gasteiger partial charge in [0.2, 0.25) is 0 Å². The van der Waals surface area contributed by atoms with Crippen molar-refractivity contribution in [3.05, 3.63) is 35.4 Å². The van der Waals surface area contributed by atoms with Crippen LogP contribution in [-0.4, -0.2) is 11.4 Å². The van der Waals surface area contributed by atoms with Crippen molar-refractivity contribution >= 4 is 15.9 Å². The van der Waals surface area contributed by atoms with E-state index in [1.807, 2.05) is 0 Å². The van der Waals surface area contributed by atoms with Gasteiger partial charge in [-0.2, -0.15) is 0 Å². The Morgan fingerprint density at radius 1 is 1.12 bits per heavy atom. The average molecular weight is 285 g/mol. The number of rotatable bonds is 5. The summed E-state index contributed by atoms with van der Waals surface area (Å²) >= 11 is 3.52. The minimum absolute atomic E-state index is 0.151. The van der Waals surface area contributed by atoms with Crippen LogP contribution in [-0.2, 0) is 4.74 Å². The molecule has 0 fully saturated rings. The summed E-state index contributed by atoms with van der Waals surface area (Å²) in [7, 11) is 0. The van der Waals surface area contributed by atoms with Crippen molar-refractivity contribution in [2.45, 2.75) is 39.9 Å². The SMILES string of the molecule is Cc1ccc(C(CBr)OC(C)C(C)C)cc1. The normalized spacial score (nSPS) is 15.1. The molecule has 0 N–H and O–H groups in total. The third kappa shape index (κ3) is 3.91. The Morgan fingerprint density at radius 3 is 2.12 bits per heavy atom. The first-order valence-electron chi connectivity index (χ1n) is 5.82. The molecule has 1 aromatic carbocycles. The van der Waals surface area contributed by atoms with E-state index < -0.39 is 0 Å². The zero-order valence-corrected chi connectivity index (χ0v) is 12.1. The van der Waals surface area contributed by atoms with Crippen LogP contribution in [0.25, 0.3) is 0 Å². The molecular weight excluding hydrogens is 264 g/mol. The minimum atomic E-state index is 0.151. The summed E-state index contributed by atoms with van der Waals surface area (Å²) in [6.07, 6.45) is 0.432. The van der Waals surface area contributed by atoms with E-state index in [0.717, 1.165) is 5.33 Å². The third-order valence-electron chi connectivity index (χ3n) is 2.91. The molecule has 90 valence electrons. The van der Waals surface area contributed by atoms with Crippen LogP contribution in [0.4, 0.5) is 0 Å². The molecule has 0 bridgehead atoms. The zero-order valence-electron chi connectivity index (χ0n) is 10.5. The molecule has 0 aliphatic carbocycles. The van der Waals surface area contributed by atoms with Gasteiger partial charge in [-0.1, -0.05) is 59.6 Å². The summed E-state index contributed by atoms with van der Waals surface area (Å²) in [5.41, 5.74) is 2.53. The summed E-state index contributed by atoms with van der Waals surface area (Å²) in [5.74, 6) is 0.548. The highest BCUT2D eigenvalue weighted by Crippen LogP contribution is 2.23. The summed E-state index contributed by atoms with van der Waals surface area (Å²) in [4.78, 5) is 0. The van der Waals surface area contributed by atoms with E-state index in [4.69, 9.17) is 4.74 Å². The van der Waals surface area contributed by atoms with Crippen molar-refractivity contribution in [3.8, 4) is 0 Å². The van der Waals surface area contributed by atoms with Crippen LogP contribution >= 0.6 is 15.9 Å². The number of ether oxygens (including phenoxy) is 1. The Labute approximate surface area is 107 Å². The van der Waals surface area contributed by atoms with Crippen LogP contribution in [0, 0.1) is 12.8 Å². The number of benzene rings is 1. The Morgan fingerprint density at radius 2 is 1.69 bits per heavy atom. The van der Waals surface area contributed by atoms with Crippen LogP contribution in [0.15, 0.2) is 24.3 Å². The Bertz CT molecular complexity index is 305. The van der Waals surface area contributed by atoms with Gasteiger partial charge in [0.1, 0.15) is 0 Å². The van der Waals surface area contributed by atoms with Gasteiger partial charge in [0, 0.05) is 5.33 Å². The van der Waals surface area contributed by atoms with Crippen LogP contribution < -0.4 is 0 Å².